The van der Waals surface area contributed by atoms with Crippen LogP contribution >= 0.6 is 0 Å². The summed E-state index contributed by atoms with van der Waals surface area (Å²) in [6.45, 7) is 5.35. The van der Waals surface area contributed by atoms with Crippen LogP contribution in [0.5, 0.6) is 5.75 Å². The van der Waals surface area contributed by atoms with Crippen LogP contribution in [-0.4, -0.2) is 43.6 Å². The lowest BCUT2D eigenvalue weighted by Gasteiger charge is -2.18. The highest BCUT2D eigenvalue weighted by Crippen LogP contribution is 2.25. The Labute approximate surface area is 187 Å². The van der Waals surface area contributed by atoms with Crippen molar-refractivity contribution in [3.63, 3.8) is 0 Å². The summed E-state index contributed by atoms with van der Waals surface area (Å²) in [7, 11) is 1.61. The number of carboxylic acids is 1. The van der Waals surface area contributed by atoms with Crippen molar-refractivity contribution in [2.24, 2.45) is 11.8 Å². The Morgan fingerprint density at radius 2 is 1.69 bits per heavy atom. The minimum absolute atomic E-state index is 0.0382. The first-order valence-electron chi connectivity index (χ1n) is 10.6. The number of carbonyl (C=O) groups is 3. The second-order valence-electron chi connectivity index (χ2n) is 8.18. The summed E-state index contributed by atoms with van der Waals surface area (Å²) in [5.74, 6) is -1.12. The van der Waals surface area contributed by atoms with E-state index < -0.39 is 30.7 Å². The molecule has 0 saturated heterocycles. The van der Waals surface area contributed by atoms with Crippen LogP contribution in [0.1, 0.15) is 45.1 Å². The van der Waals surface area contributed by atoms with Crippen molar-refractivity contribution in [1.82, 2.24) is 5.32 Å². The largest absolute Gasteiger partial charge is 0.497 e. The van der Waals surface area contributed by atoms with E-state index in [0.717, 1.165) is 22.1 Å². The molecular formula is C24H31NO7. The van der Waals surface area contributed by atoms with Gasteiger partial charge in [-0.2, -0.15) is 0 Å². The van der Waals surface area contributed by atoms with Gasteiger partial charge in [0, 0.05) is 13.0 Å². The Morgan fingerprint density at radius 3 is 2.34 bits per heavy atom. The summed E-state index contributed by atoms with van der Waals surface area (Å²) < 4.78 is 15.2. The van der Waals surface area contributed by atoms with E-state index in [4.69, 9.17) is 19.3 Å². The average Bonchev–Trinajstić information content (AvgIpc) is 2.75. The van der Waals surface area contributed by atoms with E-state index >= 15 is 0 Å². The Hall–Kier alpha value is -3.29. The smallest absolute Gasteiger partial charge is 0.410 e. The minimum atomic E-state index is -0.915. The van der Waals surface area contributed by atoms with Gasteiger partial charge >= 0.3 is 18.0 Å². The molecule has 0 aromatic heterocycles. The van der Waals surface area contributed by atoms with Gasteiger partial charge in [0.1, 0.15) is 5.75 Å². The van der Waals surface area contributed by atoms with Gasteiger partial charge in [0.25, 0.3) is 0 Å². The molecule has 32 heavy (non-hydrogen) atoms. The van der Waals surface area contributed by atoms with E-state index in [0.29, 0.717) is 12.3 Å². The van der Waals surface area contributed by atoms with Gasteiger partial charge in [-0.3, -0.25) is 9.59 Å². The highest BCUT2D eigenvalue weighted by atomic mass is 16.7. The molecule has 2 rings (SSSR count). The number of amides is 1. The Kier molecular flexibility index (Phi) is 9.31. The summed E-state index contributed by atoms with van der Waals surface area (Å²) in [5.41, 5.74) is 0.780. The van der Waals surface area contributed by atoms with Crippen LogP contribution in [0.3, 0.4) is 0 Å². The Morgan fingerprint density at radius 1 is 1.00 bits per heavy atom. The number of carboxylic acid groups (broad SMARTS) is 1. The molecule has 8 heteroatoms. The standard InChI is InChI=1S/C24H31NO7/c1-15(2)9-17(10-22(26)27)13-25-24(29)32-14-31-23(28)16(3)18-5-6-20-12-21(30-4)8-7-19(20)11-18/h5-8,11-12,15-17H,9-10,13-14H2,1-4H3,(H,25,29)(H,26,27)/t16-,17-/m0/s1. The molecule has 0 aliphatic carbocycles. The zero-order chi connectivity index (χ0) is 23.7. The minimum Gasteiger partial charge on any atom is -0.497 e. The first-order chi connectivity index (χ1) is 15.2. The molecule has 0 aliphatic rings. The van der Waals surface area contributed by atoms with Crippen molar-refractivity contribution in [3.8, 4) is 5.75 Å². The summed E-state index contributed by atoms with van der Waals surface area (Å²) in [4.78, 5) is 35.2. The zero-order valence-electron chi connectivity index (χ0n) is 18.9. The number of aliphatic carboxylic acids is 1. The molecule has 0 spiro atoms. The van der Waals surface area contributed by atoms with Crippen molar-refractivity contribution >= 4 is 28.8 Å². The summed E-state index contributed by atoms with van der Waals surface area (Å²) in [6.07, 6.45) is -0.134. The van der Waals surface area contributed by atoms with Gasteiger partial charge in [0.2, 0.25) is 6.79 Å². The molecule has 1 amide bonds. The molecule has 0 unspecified atom stereocenters. The molecule has 0 heterocycles. The van der Waals surface area contributed by atoms with E-state index in [9.17, 15) is 14.4 Å². The molecular weight excluding hydrogens is 414 g/mol. The number of hydrogen-bond acceptors (Lipinski definition) is 6. The van der Waals surface area contributed by atoms with Crippen molar-refractivity contribution in [3.05, 3.63) is 42.0 Å². The number of rotatable bonds is 11. The van der Waals surface area contributed by atoms with Crippen LogP contribution in [-0.2, 0) is 19.1 Å². The van der Waals surface area contributed by atoms with E-state index in [1.54, 1.807) is 14.0 Å². The van der Waals surface area contributed by atoms with Gasteiger partial charge in [0.05, 0.1) is 13.0 Å². The molecule has 2 atom stereocenters. The number of benzene rings is 2. The van der Waals surface area contributed by atoms with Gasteiger partial charge in [-0.1, -0.05) is 38.1 Å². The second kappa shape index (κ2) is 11.9. The lowest BCUT2D eigenvalue weighted by molar-refractivity contribution is -0.153. The van der Waals surface area contributed by atoms with Crippen LogP contribution in [0.2, 0.25) is 0 Å². The number of esters is 1. The molecule has 0 radical (unpaired) electrons. The maximum atomic E-state index is 12.4. The van der Waals surface area contributed by atoms with E-state index in [1.165, 1.54) is 0 Å². The molecule has 2 N–H and O–H groups in total. The molecule has 174 valence electrons. The van der Waals surface area contributed by atoms with E-state index in [-0.39, 0.29) is 18.9 Å². The molecule has 0 fully saturated rings. The fraction of sp³-hybridized carbons (Fsp3) is 0.458. The number of ether oxygens (including phenoxy) is 3. The molecule has 2 aromatic rings. The van der Waals surface area contributed by atoms with Crippen molar-refractivity contribution in [2.75, 3.05) is 20.4 Å². The quantitative estimate of drug-likeness (QED) is 0.391. The maximum absolute atomic E-state index is 12.4. The number of hydrogen-bond donors (Lipinski definition) is 2. The molecule has 0 bridgehead atoms. The van der Waals surface area contributed by atoms with Gasteiger partial charge in [-0.15, -0.1) is 0 Å². The normalized spacial score (nSPS) is 12.8. The molecule has 0 aliphatic heterocycles. The van der Waals surface area contributed by atoms with Gasteiger partial charge in [0.15, 0.2) is 0 Å². The SMILES string of the molecule is COc1ccc2cc([C@H](C)C(=O)OCOC(=O)NC[C@H](CC(=O)O)CC(C)C)ccc2c1. The highest BCUT2D eigenvalue weighted by Gasteiger charge is 2.19. The van der Waals surface area contributed by atoms with Gasteiger partial charge in [-0.05, 0) is 53.6 Å². The van der Waals surface area contributed by atoms with Crippen molar-refractivity contribution in [1.29, 1.82) is 0 Å². The number of carbonyl (C=O) groups excluding carboxylic acids is 2. The number of fused-ring (bicyclic) bond motifs is 1. The molecule has 8 nitrogen and oxygen atoms in total. The maximum Gasteiger partial charge on any atom is 0.410 e. The zero-order valence-corrected chi connectivity index (χ0v) is 18.9. The van der Waals surface area contributed by atoms with Gasteiger partial charge in [-0.25, -0.2) is 4.79 Å². The van der Waals surface area contributed by atoms with Crippen LogP contribution in [0, 0.1) is 11.8 Å². The predicted octanol–water partition coefficient (Wildman–Crippen LogP) is 4.32. The number of methoxy groups -OCH3 is 1. The van der Waals surface area contributed by atoms with Crippen LogP contribution in [0.15, 0.2) is 36.4 Å². The topological polar surface area (TPSA) is 111 Å². The molecule has 2 aromatic carbocycles. The van der Waals surface area contributed by atoms with Crippen LogP contribution < -0.4 is 10.1 Å². The lowest BCUT2D eigenvalue weighted by Crippen LogP contribution is -2.32. The first-order valence-corrected chi connectivity index (χ1v) is 10.6. The van der Waals surface area contributed by atoms with E-state index in [2.05, 4.69) is 5.32 Å². The lowest BCUT2D eigenvalue weighted by atomic mass is 9.94. The van der Waals surface area contributed by atoms with Crippen LogP contribution in [0.4, 0.5) is 4.79 Å². The first kappa shape index (κ1) is 25.0. The number of nitrogens with one attached hydrogen (secondary N) is 1. The fourth-order valence-corrected chi connectivity index (χ4v) is 3.47. The second-order valence-corrected chi connectivity index (χ2v) is 8.18. The monoisotopic (exact) mass is 445 g/mol. The summed E-state index contributed by atoms with van der Waals surface area (Å²) >= 11 is 0. The van der Waals surface area contributed by atoms with Crippen LogP contribution in [0.25, 0.3) is 10.8 Å². The number of alkyl carbamates (subject to hydrolysis) is 1. The highest BCUT2D eigenvalue weighted by molar-refractivity contribution is 5.86. The van der Waals surface area contributed by atoms with Crippen molar-refractivity contribution < 1.29 is 33.7 Å². The van der Waals surface area contributed by atoms with Gasteiger partial charge < -0.3 is 24.6 Å². The van der Waals surface area contributed by atoms with E-state index in [1.807, 2.05) is 50.2 Å². The van der Waals surface area contributed by atoms with Crippen molar-refractivity contribution in [2.45, 2.75) is 39.5 Å². The fourth-order valence-electron chi connectivity index (χ4n) is 3.47. The Balaban J connectivity index is 1.82. The summed E-state index contributed by atoms with van der Waals surface area (Å²) in [6, 6.07) is 11.3. The average molecular weight is 446 g/mol. The third-order valence-corrected chi connectivity index (χ3v) is 5.12. The molecule has 0 saturated carbocycles. The summed E-state index contributed by atoms with van der Waals surface area (Å²) in [5, 5.41) is 13.5. The third-order valence-electron chi connectivity index (χ3n) is 5.12. The Bertz CT molecular complexity index is 941. The third kappa shape index (κ3) is 7.76. The predicted molar refractivity (Wildman–Crippen MR) is 120 cm³/mol.